The number of benzene rings is 1. The van der Waals surface area contributed by atoms with E-state index in [2.05, 4.69) is 9.89 Å². The van der Waals surface area contributed by atoms with Crippen LogP contribution in [0.2, 0.25) is 0 Å². The largest absolute Gasteiger partial charge is 0.385 e. The number of amidine groups is 1. The first-order valence-electron chi connectivity index (χ1n) is 8.66. The summed E-state index contributed by atoms with van der Waals surface area (Å²) in [4.78, 5) is 6.70. The molecule has 130 valence electrons. The standard InChI is InChI=1S/C18H26N4O2/c19-16(20)18(24-12-6-11-22-9-4-1-5-10-22)13-14-7-2-3-8-15(14)21-17(18)23/h2-3,7-8,13,17,23H,1,4-6,9-12H2,(H3,19,20). The molecular weight excluding hydrogens is 304 g/mol. The average Bonchev–Trinajstić information content (AvgIpc) is 2.59. The number of nitrogens with one attached hydrogen (secondary N) is 1. The molecule has 1 aromatic rings. The van der Waals surface area contributed by atoms with Gasteiger partial charge in [-0.05, 0) is 49.7 Å². The van der Waals surface area contributed by atoms with Crippen molar-refractivity contribution in [3.05, 3.63) is 34.8 Å². The molecule has 0 bridgehead atoms. The molecule has 2 atom stereocenters. The first-order chi connectivity index (χ1) is 11.6. The van der Waals surface area contributed by atoms with Crippen LogP contribution in [-0.2, 0) is 4.74 Å². The Bertz CT molecular complexity index is 699. The van der Waals surface area contributed by atoms with Crippen molar-refractivity contribution < 1.29 is 9.84 Å². The molecule has 0 amide bonds. The SMILES string of the molecule is N=C(N)C1(OCCCN2CCCCC2)C=c2ccccc2=NC1O. The van der Waals surface area contributed by atoms with E-state index in [0.717, 1.165) is 31.3 Å². The van der Waals surface area contributed by atoms with E-state index in [9.17, 15) is 5.11 Å². The zero-order valence-electron chi connectivity index (χ0n) is 13.9. The maximum absolute atomic E-state index is 10.4. The summed E-state index contributed by atoms with van der Waals surface area (Å²) in [6, 6.07) is 7.47. The highest BCUT2D eigenvalue weighted by Crippen LogP contribution is 2.21. The van der Waals surface area contributed by atoms with E-state index in [0.29, 0.717) is 12.0 Å². The highest BCUT2D eigenvalue weighted by atomic mass is 16.5. The Labute approximate surface area is 142 Å². The molecular formula is C18H26N4O2. The van der Waals surface area contributed by atoms with E-state index in [1.54, 1.807) is 6.08 Å². The molecule has 2 unspecified atom stereocenters. The van der Waals surface area contributed by atoms with Crippen LogP contribution in [0.1, 0.15) is 25.7 Å². The first-order valence-corrected chi connectivity index (χ1v) is 8.66. The van der Waals surface area contributed by atoms with E-state index in [4.69, 9.17) is 15.9 Å². The number of fused-ring (bicyclic) bond motifs is 1. The zero-order chi connectivity index (χ0) is 17.0. The minimum Gasteiger partial charge on any atom is -0.385 e. The zero-order valence-corrected chi connectivity index (χ0v) is 13.9. The normalized spacial score (nSPS) is 27.0. The average molecular weight is 330 g/mol. The minimum absolute atomic E-state index is 0.216. The van der Waals surface area contributed by atoms with Gasteiger partial charge in [-0.2, -0.15) is 0 Å². The van der Waals surface area contributed by atoms with Gasteiger partial charge in [-0.25, -0.2) is 4.99 Å². The summed E-state index contributed by atoms with van der Waals surface area (Å²) >= 11 is 0. The summed E-state index contributed by atoms with van der Waals surface area (Å²) < 4.78 is 5.92. The summed E-state index contributed by atoms with van der Waals surface area (Å²) in [7, 11) is 0. The van der Waals surface area contributed by atoms with Crippen LogP contribution < -0.4 is 16.3 Å². The Kier molecular flexibility index (Phi) is 5.28. The molecule has 6 heteroatoms. The Balaban J connectivity index is 1.68. The van der Waals surface area contributed by atoms with E-state index in [1.165, 1.54) is 19.3 Å². The summed E-state index contributed by atoms with van der Waals surface area (Å²) in [5.74, 6) is -0.216. The van der Waals surface area contributed by atoms with Gasteiger partial charge in [0, 0.05) is 13.2 Å². The predicted molar refractivity (Wildman–Crippen MR) is 93.2 cm³/mol. The van der Waals surface area contributed by atoms with Gasteiger partial charge in [-0.3, -0.25) is 5.41 Å². The number of ether oxygens (including phenoxy) is 1. The smallest absolute Gasteiger partial charge is 0.189 e. The van der Waals surface area contributed by atoms with Crippen molar-refractivity contribution in [1.29, 1.82) is 5.41 Å². The molecule has 1 saturated heterocycles. The first kappa shape index (κ1) is 17.1. The van der Waals surface area contributed by atoms with Crippen LogP contribution in [0.3, 0.4) is 0 Å². The number of nitrogens with zero attached hydrogens (tertiary/aromatic N) is 2. The highest BCUT2D eigenvalue weighted by molar-refractivity contribution is 5.93. The second kappa shape index (κ2) is 7.42. The lowest BCUT2D eigenvalue weighted by Crippen LogP contribution is -2.57. The maximum atomic E-state index is 10.4. The molecule has 1 fully saturated rings. The number of nitrogens with two attached hydrogens (primary N) is 1. The van der Waals surface area contributed by atoms with Gasteiger partial charge >= 0.3 is 0 Å². The molecule has 0 saturated carbocycles. The number of aliphatic hydroxyl groups is 1. The number of hydrogen-bond acceptors (Lipinski definition) is 5. The fourth-order valence-corrected chi connectivity index (χ4v) is 3.38. The molecule has 0 radical (unpaired) electrons. The third-order valence-electron chi connectivity index (χ3n) is 4.78. The van der Waals surface area contributed by atoms with Crippen LogP contribution in [0.15, 0.2) is 29.3 Å². The van der Waals surface area contributed by atoms with Gasteiger partial charge in [0.05, 0.1) is 5.36 Å². The number of para-hydroxylation sites is 1. The maximum Gasteiger partial charge on any atom is 0.189 e. The van der Waals surface area contributed by atoms with Crippen LogP contribution in [0.5, 0.6) is 0 Å². The van der Waals surface area contributed by atoms with Gasteiger partial charge in [0.2, 0.25) is 0 Å². The van der Waals surface area contributed by atoms with Gasteiger partial charge in [0.1, 0.15) is 5.84 Å². The lowest BCUT2D eigenvalue weighted by molar-refractivity contribution is -0.0415. The molecule has 2 aliphatic heterocycles. The Morgan fingerprint density at radius 1 is 1.33 bits per heavy atom. The van der Waals surface area contributed by atoms with Crippen LogP contribution in [-0.4, -0.2) is 53.9 Å². The van der Waals surface area contributed by atoms with Gasteiger partial charge in [0.25, 0.3) is 0 Å². The van der Waals surface area contributed by atoms with Crippen LogP contribution in [0.25, 0.3) is 6.08 Å². The molecule has 3 rings (SSSR count). The van der Waals surface area contributed by atoms with Gasteiger partial charge in [-0.1, -0.05) is 24.6 Å². The monoisotopic (exact) mass is 330 g/mol. The molecule has 2 aliphatic rings. The van der Waals surface area contributed by atoms with Crippen LogP contribution in [0.4, 0.5) is 0 Å². The van der Waals surface area contributed by atoms with Crippen LogP contribution >= 0.6 is 0 Å². The molecule has 0 aromatic heterocycles. The third kappa shape index (κ3) is 3.50. The molecule has 6 nitrogen and oxygen atoms in total. The van der Waals surface area contributed by atoms with Gasteiger partial charge in [-0.15, -0.1) is 0 Å². The predicted octanol–water partition coefficient (Wildman–Crippen LogP) is -0.0139. The molecule has 4 N–H and O–H groups in total. The lowest BCUT2D eigenvalue weighted by atomic mass is 9.96. The highest BCUT2D eigenvalue weighted by Gasteiger charge is 2.42. The van der Waals surface area contributed by atoms with E-state index in [1.807, 2.05) is 24.3 Å². The molecule has 2 heterocycles. The fraction of sp³-hybridized carbons (Fsp3) is 0.556. The van der Waals surface area contributed by atoms with Crippen molar-refractivity contribution in [3.63, 3.8) is 0 Å². The van der Waals surface area contributed by atoms with Gasteiger partial charge in [0.15, 0.2) is 11.8 Å². The molecule has 24 heavy (non-hydrogen) atoms. The van der Waals surface area contributed by atoms with Crippen molar-refractivity contribution >= 4 is 11.9 Å². The minimum atomic E-state index is -1.36. The van der Waals surface area contributed by atoms with E-state index >= 15 is 0 Å². The van der Waals surface area contributed by atoms with Crippen molar-refractivity contribution in [3.8, 4) is 0 Å². The van der Waals surface area contributed by atoms with Crippen molar-refractivity contribution in [2.75, 3.05) is 26.2 Å². The third-order valence-corrected chi connectivity index (χ3v) is 4.78. The summed E-state index contributed by atoms with van der Waals surface area (Å²) in [5, 5.41) is 19.9. The molecule has 0 aliphatic carbocycles. The Morgan fingerprint density at radius 2 is 2.08 bits per heavy atom. The quantitative estimate of drug-likeness (QED) is 0.388. The summed E-state index contributed by atoms with van der Waals surface area (Å²) in [6.07, 6.45) is 5.23. The van der Waals surface area contributed by atoms with E-state index < -0.39 is 11.8 Å². The number of piperidine rings is 1. The fourth-order valence-electron chi connectivity index (χ4n) is 3.38. The van der Waals surface area contributed by atoms with Crippen molar-refractivity contribution in [2.45, 2.75) is 37.5 Å². The topological polar surface area (TPSA) is 94.9 Å². The van der Waals surface area contributed by atoms with Crippen molar-refractivity contribution in [1.82, 2.24) is 4.90 Å². The number of rotatable bonds is 6. The number of aliphatic hydroxyl groups excluding tert-OH is 1. The summed E-state index contributed by atoms with van der Waals surface area (Å²) in [6.45, 7) is 3.70. The van der Waals surface area contributed by atoms with Gasteiger partial charge < -0.3 is 20.5 Å². The van der Waals surface area contributed by atoms with Crippen LogP contribution in [0, 0.1) is 5.41 Å². The number of hydrogen-bond donors (Lipinski definition) is 3. The second-order valence-electron chi connectivity index (χ2n) is 6.52. The molecule has 1 aromatic carbocycles. The van der Waals surface area contributed by atoms with E-state index in [-0.39, 0.29) is 5.84 Å². The second-order valence-corrected chi connectivity index (χ2v) is 6.52. The lowest BCUT2D eigenvalue weighted by Gasteiger charge is -2.34. The van der Waals surface area contributed by atoms with Crippen molar-refractivity contribution in [2.24, 2.45) is 10.7 Å². The summed E-state index contributed by atoms with van der Waals surface area (Å²) in [5.41, 5.74) is 4.41. The Hall–Kier alpha value is -1.76. The molecule has 0 spiro atoms. The Morgan fingerprint density at radius 3 is 2.83 bits per heavy atom. The number of likely N-dealkylation sites (tertiary alicyclic amines) is 1.